The van der Waals surface area contributed by atoms with Crippen molar-refractivity contribution < 1.29 is 32.5 Å². The molecule has 0 spiro atoms. The number of alkyl halides is 3. The van der Waals surface area contributed by atoms with E-state index in [2.05, 4.69) is 4.90 Å². The first kappa shape index (κ1) is 16.6. The fourth-order valence-electron chi connectivity index (χ4n) is 2.09. The lowest BCUT2D eigenvalue weighted by molar-refractivity contribution is -0.137. The number of carboxylic acid groups (broad SMARTS) is 1. The average molecular weight is 319 g/mol. The van der Waals surface area contributed by atoms with Crippen LogP contribution in [0.4, 0.5) is 13.2 Å². The van der Waals surface area contributed by atoms with Gasteiger partial charge in [0.1, 0.15) is 12.4 Å². The minimum absolute atomic E-state index is 0.0968. The van der Waals surface area contributed by atoms with Crippen LogP contribution in [-0.2, 0) is 10.9 Å². The number of morpholine rings is 1. The fourth-order valence-corrected chi connectivity index (χ4v) is 2.09. The Morgan fingerprint density at radius 3 is 2.55 bits per heavy atom. The number of hydrogen-bond acceptors (Lipinski definition) is 4. The van der Waals surface area contributed by atoms with E-state index in [1.165, 1.54) is 0 Å². The molecule has 8 heteroatoms. The molecule has 0 bridgehead atoms. The first-order chi connectivity index (χ1) is 10.4. The molecule has 1 aromatic carbocycles. The summed E-state index contributed by atoms with van der Waals surface area (Å²) in [7, 11) is 0. The molecule has 0 unspecified atom stereocenters. The van der Waals surface area contributed by atoms with E-state index in [4.69, 9.17) is 14.6 Å². The molecular weight excluding hydrogens is 303 g/mol. The second-order valence-corrected chi connectivity index (χ2v) is 4.85. The molecule has 0 amide bonds. The van der Waals surface area contributed by atoms with Crippen molar-refractivity contribution in [1.29, 1.82) is 0 Å². The molecule has 1 aromatic rings. The Kier molecular flexibility index (Phi) is 5.25. The van der Waals surface area contributed by atoms with Crippen LogP contribution >= 0.6 is 0 Å². The Morgan fingerprint density at radius 2 is 1.95 bits per heavy atom. The van der Waals surface area contributed by atoms with Crippen LogP contribution in [0.2, 0.25) is 0 Å². The maximum absolute atomic E-state index is 12.8. The Hall–Kier alpha value is -1.80. The van der Waals surface area contributed by atoms with E-state index < -0.39 is 23.3 Å². The molecule has 0 radical (unpaired) electrons. The number of nitrogens with zero attached hydrogens (tertiary/aromatic N) is 1. The Labute approximate surface area is 125 Å². The van der Waals surface area contributed by atoms with Crippen molar-refractivity contribution >= 4 is 5.97 Å². The standard InChI is InChI=1S/C14H16F3NO4/c15-14(16,17)11-7-10(13(19)20)8-12(9-11)22-6-3-18-1-4-21-5-2-18/h7-9H,1-6H2,(H,19,20). The van der Waals surface area contributed by atoms with Crippen molar-refractivity contribution in [3.63, 3.8) is 0 Å². The quantitative estimate of drug-likeness (QED) is 0.901. The number of carbonyl (C=O) groups is 1. The average Bonchev–Trinajstić information content (AvgIpc) is 2.47. The Morgan fingerprint density at radius 1 is 1.27 bits per heavy atom. The van der Waals surface area contributed by atoms with E-state index in [1.54, 1.807) is 0 Å². The summed E-state index contributed by atoms with van der Waals surface area (Å²) in [4.78, 5) is 13.0. The monoisotopic (exact) mass is 319 g/mol. The summed E-state index contributed by atoms with van der Waals surface area (Å²) >= 11 is 0. The van der Waals surface area contributed by atoms with Crippen molar-refractivity contribution in [3.05, 3.63) is 29.3 Å². The summed E-state index contributed by atoms with van der Waals surface area (Å²) < 4.78 is 48.7. The van der Waals surface area contributed by atoms with Crippen molar-refractivity contribution in [3.8, 4) is 5.75 Å². The van der Waals surface area contributed by atoms with Crippen molar-refractivity contribution in [2.75, 3.05) is 39.5 Å². The molecule has 5 nitrogen and oxygen atoms in total. The Balaban J connectivity index is 2.02. The first-order valence-corrected chi connectivity index (χ1v) is 6.75. The highest BCUT2D eigenvalue weighted by atomic mass is 19.4. The summed E-state index contributed by atoms with van der Waals surface area (Å²) in [5.74, 6) is -1.52. The number of ether oxygens (including phenoxy) is 2. The van der Waals surface area contributed by atoms with Crippen LogP contribution in [0.3, 0.4) is 0 Å². The predicted octanol–water partition coefficient (Wildman–Crippen LogP) is 2.11. The van der Waals surface area contributed by atoms with Crippen LogP contribution in [0.25, 0.3) is 0 Å². The molecule has 0 atom stereocenters. The number of carboxylic acids is 1. The lowest BCUT2D eigenvalue weighted by Crippen LogP contribution is -2.38. The van der Waals surface area contributed by atoms with Gasteiger partial charge in [0, 0.05) is 19.6 Å². The highest BCUT2D eigenvalue weighted by Gasteiger charge is 2.32. The van der Waals surface area contributed by atoms with Crippen LogP contribution in [-0.4, -0.2) is 55.4 Å². The second-order valence-electron chi connectivity index (χ2n) is 4.85. The summed E-state index contributed by atoms with van der Waals surface area (Å²) in [6.07, 6.45) is -4.62. The minimum Gasteiger partial charge on any atom is -0.492 e. The van der Waals surface area contributed by atoms with Gasteiger partial charge in [-0.3, -0.25) is 4.90 Å². The molecule has 1 saturated heterocycles. The molecule has 0 saturated carbocycles. The van der Waals surface area contributed by atoms with Gasteiger partial charge in [-0.1, -0.05) is 0 Å². The van der Waals surface area contributed by atoms with Gasteiger partial charge in [0.05, 0.1) is 24.3 Å². The maximum Gasteiger partial charge on any atom is 0.416 e. The third-order valence-electron chi connectivity index (χ3n) is 3.26. The van der Waals surface area contributed by atoms with Crippen molar-refractivity contribution in [2.45, 2.75) is 6.18 Å². The van der Waals surface area contributed by atoms with Gasteiger partial charge < -0.3 is 14.6 Å². The van der Waals surface area contributed by atoms with Gasteiger partial charge in [0.2, 0.25) is 0 Å². The maximum atomic E-state index is 12.8. The van der Waals surface area contributed by atoms with E-state index in [0.29, 0.717) is 25.8 Å². The molecule has 1 N–H and O–H groups in total. The van der Waals surface area contributed by atoms with Gasteiger partial charge >= 0.3 is 12.1 Å². The third-order valence-corrected chi connectivity index (χ3v) is 3.26. The van der Waals surface area contributed by atoms with Gasteiger partial charge in [-0.25, -0.2) is 4.79 Å². The van der Waals surface area contributed by atoms with Crippen LogP contribution in [0.15, 0.2) is 18.2 Å². The zero-order chi connectivity index (χ0) is 16.2. The lowest BCUT2D eigenvalue weighted by atomic mass is 10.1. The highest BCUT2D eigenvalue weighted by molar-refractivity contribution is 5.88. The molecule has 122 valence electrons. The van der Waals surface area contributed by atoms with Crippen molar-refractivity contribution in [1.82, 2.24) is 4.90 Å². The normalized spacial score (nSPS) is 16.5. The molecule has 2 rings (SSSR count). The van der Waals surface area contributed by atoms with Gasteiger partial charge in [0.25, 0.3) is 0 Å². The van der Waals surface area contributed by atoms with E-state index in [1.807, 2.05) is 0 Å². The lowest BCUT2D eigenvalue weighted by Gasteiger charge is -2.26. The van der Waals surface area contributed by atoms with Crippen molar-refractivity contribution in [2.24, 2.45) is 0 Å². The molecule has 1 aliphatic heterocycles. The van der Waals surface area contributed by atoms with E-state index in [0.717, 1.165) is 25.2 Å². The largest absolute Gasteiger partial charge is 0.492 e. The van der Waals surface area contributed by atoms with Crippen LogP contribution in [0, 0.1) is 0 Å². The van der Waals surface area contributed by atoms with E-state index in [9.17, 15) is 18.0 Å². The zero-order valence-electron chi connectivity index (χ0n) is 11.7. The molecule has 1 aliphatic rings. The van der Waals surface area contributed by atoms with Crippen LogP contribution in [0.1, 0.15) is 15.9 Å². The summed E-state index contributed by atoms with van der Waals surface area (Å²) in [5.41, 5.74) is -1.48. The summed E-state index contributed by atoms with van der Waals surface area (Å²) in [6, 6.07) is 2.50. The number of rotatable bonds is 5. The summed E-state index contributed by atoms with van der Waals surface area (Å²) in [6.45, 7) is 3.44. The molecule has 0 aliphatic carbocycles. The molecule has 0 aromatic heterocycles. The number of benzene rings is 1. The second kappa shape index (κ2) is 6.97. The molecular formula is C14H16F3NO4. The fraction of sp³-hybridized carbons (Fsp3) is 0.500. The molecule has 1 heterocycles. The van der Waals surface area contributed by atoms with Gasteiger partial charge in [0.15, 0.2) is 0 Å². The van der Waals surface area contributed by atoms with Gasteiger partial charge in [-0.15, -0.1) is 0 Å². The predicted molar refractivity (Wildman–Crippen MR) is 71.2 cm³/mol. The van der Waals surface area contributed by atoms with Crippen LogP contribution < -0.4 is 4.74 Å². The first-order valence-electron chi connectivity index (χ1n) is 6.75. The van der Waals surface area contributed by atoms with E-state index in [-0.39, 0.29) is 12.4 Å². The van der Waals surface area contributed by atoms with Crippen LogP contribution in [0.5, 0.6) is 5.75 Å². The minimum atomic E-state index is -4.62. The van der Waals surface area contributed by atoms with E-state index >= 15 is 0 Å². The smallest absolute Gasteiger partial charge is 0.416 e. The Bertz CT molecular complexity index is 527. The SMILES string of the molecule is O=C(O)c1cc(OCCN2CCOCC2)cc(C(F)(F)F)c1. The molecule has 22 heavy (non-hydrogen) atoms. The van der Waals surface area contributed by atoms with Gasteiger partial charge in [-0.05, 0) is 18.2 Å². The summed E-state index contributed by atoms with van der Waals surface area (Å²) in [5, 5.41) is 8.88. The number of halogens is 3. The highest BCUT2D eigenvalue weighted by Crippen LogP contribution is 2.32. The third kappa shape index (κ3) is 4.60. The topological polar surface area (TPSA) is 59.0 Å². The molecule has 1 fully saturated rings. The number of hydrogen-bond donors (Lipinski definition) is 1. The zero-order valence-corrected chi connectivity index (χ0v) is 11.7. The van der Waals surface area contributed by atoms with Gasteiger partial charge in [-0.2, -0.15) is 13.2 Å². The number of aromatic carboxylic acids is 1.